The lowest BCUT2D eigenvalue weighted by Crippen LogP contribution is -2.40. The summed E-state index contributed by atoms with van der Waals surface area (Å²) in [4.78, 5) is 4.91. The topological polar surface area (TPSA) is 76.4 Å². The van der Waals surface area contributed by atoms with Crippen molar-refractivity contribution in [3.8, 4) is 0 Å². The SMILES string of the molecule is CCNC(=NCC1(CCOC)CCC1)NCCCc1nnc(SC)n1C1CCCC1.I. The Morgan fingerprint density at radius 1 is 1.23 bits per heavy atom. The maximum absolute atomic E-state index is 5.31. The van der Waals surface area contributed by atoms with Crippen LogP contribution in [0.5, 0.6) is 0 Å². The second-order valence-corrected chi connectivity index (χ2v) is 9.51. The molecule has 0 bridgehead atoms. The Kier molecular flexibility index (Phi) is 11.9. The third-order valence-corrected chi connectivity index (χ3v) is 7.29. The highest BCUT2D eigenvalue weighted by molar-refractivity contribution is 14.0. The number of aryl methyl sites for hydroxylation is 1. The smallest absolute Gasteiger partial charge is 0.191 e. The summed E-state index contributed by atoms with van der Waals surface area (Å²) >= 11 is 1.71. The molecule has 2 saturated carbocycles. The van der Waals surface area contributed by atoms with Gasteiger partial charge in [0.1, 0.15) is 5.82 Å². The van der Waals surface area contributed by atoms with Gasteiger partial charge in [0.2, 0.25) is 0 Å². The first kappa shape index (κ1) is 26.7. The summed E-state index contributed by atoms with van der Waals surface area (Å²) in [5.41, 5.74) is 0.351. The van der Waals surface area contributed by atoms with Gasteiger partial charge in [0, 0.05) is 45.8 Å². The maximum Gasteiger partial charge on any atom is 0.191 e. The Hall–Kier alpha value is -0.550. The Labute approximate surface area is 209 Å². The molecule has 178 valence electrons. The summed E-state index contributed by atoms with van der Waals surface area (Å²) in [6, 6.07) is 0.593. The van der Waals surface area contributed by atoms with Crippen LogP contribution in [0.25, 0.3) is 0 Å². The van der Waals surface area contributed by atoms with E-state index < -0.39 is 0 Å². The van der Waals surface area contributed by atoms with Gasteiger partial charge in [-0.25, -0.2) is 0 Å². The van der Waals surface area contributed by atoms with E-state index >= 15 is 0 Å². The molecule has 1 aromatic rings. The van der Waals surface area contributed by atoms with Gasteiger partial charge < -0.3 is 19.9 Å². The molecule has 2 N–H and O–H groups in total. The highest BCUT2D eigenvalue weighted by Gasteiger charge is 2.36. The van der Waals surface area contributed by atoms with E-state index in [0.717, 1.165) is 62.4 Å². The van der Waals surface area contributed by atoms with Gasteiger partial charge in [-0.05, 0) is 57.1 Å². The number of thioether (sulfide) groups is 1. The third kappa shape index (κ3) is 7.48. The Morgan fingerprint density at radius 3 is 2.61 bits per heavy atom. The zero-order valence-electron chi connectivity index (χ0n) is 19.5. The molecule has 0 atom stereocenters. The molecular formula is C22H41IN6OS. The van der Waals surface area contributed by atoms with Gasteiger partial charge in [0.05, 0.1) is 0 Å². The van der Waals surface area contributed by atoms with Crippen molar-refractivity contribution in [3.63, 3.8) is 0 Å². The van der Waals surface area contributed by atoms with E-state index in [1.807, 2.05) is 0 Å². The second kappa shape index (κ2) is 13.9. The van der Waals surface area contributed by atoms with Crippen LogP contribution in [0, 0.1) is 5.41 Å². The predicted molar refractivity (Wildman–Crippen MR) is 140 cm³/mol. The van der Waals surface area contributed by atoms with Crippen LogP contribution in [0.4, 0.5) is 0 Å². The molecule has 2 fully saturated rings. The van der Waals surface area contributed by atoms with E-state index in [1.54, 1.807) is 18.9 Å². The first-order chi connectivity index (χ1) is 14.7. The van der Waals surface area contributed by atoms with Gasteiger partial charge in [-0.15, -0.1) is 34.2 Å². The molecule has 1 heterocycles. The number of nitrogens with zero attached hydrogens (tertiary/aromatic N) is 4. The molecule has 7 nitrogen and oxygen atoms in total. The minimum Gasteiger partial charge on any atom is -0.385 e. The first-order valence-electron chi connectivity index (χ1n) is 11.7. The number of nitrogens with one attached hydrogen (secondary N) is 2. The highest BCUT2D eigenvalue weighted by atomic mass is 127. The lowest BCUT2D eigenvalue weighted by Gasteiger charge is -2.40. The van der Waals surface area contributed by atoms with Crippen LogP contribution in [0.2, 0.25) is 0 Å². The van der Waals surface area contributed by atoms with E-state index in [4.69, 9.17) is 9.73 Å². The second-order valence-electron chi connectivity index (χ2n) is 8.73. The van der Waals surface area contributed by atoms with Crippen LogP contribution in [0.15, 0.2) is 10.1 Å². The Morgan fingerprint density at radius 2 is 2.00 bits per heavy atom. The fraction of sp³-hybridized carbons (Fsp3) is 0.864. The molecule has 0 saturated heterocycles. The molecule has 31 heavy (non-hydrogen) atoms. The number of methoxy groups -OCH3 is 1. The molecule has 0 aromatic carbocycles. The fourth-order valence-electron chi connectivity index (χ4n) is 4.67. The number of hydrogen-bond donors (Lipinski definition) is 2. The molecule has 0 unspecified atom stereocenters. The summed E-state index contributed by atoms with van der Waals surface area (Å²) in [5, 5.41) is 16.9. The number of guanidine groups is 1. The van der Waals surface area contributed by atoms with Gasteiger partial charge in [-0.2, -0.15) is 0 Å². The molecule has 0 aliphatic heterocycles. The Balaban J connectivity index is 0.00000341. The van der Waals surface area contributed by atoms with Crippen molar-refractivity contribution >= 4 is 41.7 Å². The minimum atomic E-state index is 0. The van der Waals surface area contributed by atoms with Crippen LogP contribution in [0.3, 0.4) is 0 Å². The van der Waals surface area contributed by atoms with Gasteiger partial charge in [0.25, 0.3) is 0 Å². The monoisotopic (exact) mass is 564 g/mol. The lowest BCUT2D eigenvalue weighted by atomic mass is 9.67. The number of ether oxygens (including phenoxy) is 1. The number of aliphatic imine (C=N–C) groups is 1. The van der Waals surface area contributed by atoms with E-state index in [9.17, 15) is 0 Å². The van der Waals surface area contributed by atoms with Crippen molar-refractivity contribution in [2.24, 2.45) is 10.4 Å². The summed E-state index contributed by atoms with van der Waals surface area (Å²) in [5.74, 6) is 2.08. The van der Waals surface area contributed by atoms with Crippen molar-refractivity contribution in [2.45, 2.75) is 82.3 Å². The fourth-order valence-corrected chi connectivity index (χ4v) is 5.24. The van der Waals surface area contributed by atoms with Crippen molar-refractivity contribution in [1.29, 1.82) is 0 Å². The van der Waals surface area contributed by atoms with Crippen LogP contribution < -0.4 is 10.6 Å². The zero-order chi connectivity index (χ0) is 21.2. The summed E-state index contributed by atoms with van der Waals surface area (Å²) in [7, 11) is 1.79. The third-order valence-electron chi connectivity index (χ3n) is 6.64. The molecule has 9 heteroatoms. The quantitative estimate of drug-likeness (QED) is 0.129. The number of rotatable bonds is 12. The predicted octanol–water partition coefficient (Wildman–Crippen LogP) is 4.43. The Bertz CT molecular complexity index is 673. The molecule has 2 aliphatic carbocycles. The number of hydrogen-bond acceptors (Lipinski definition) is 5. The van der Waals surface area contributed by atoms with Crippen molar-refractivity contribution < 1.29 is 4.74 Å². The van der Waals surface area contributed by atoms with Crippen molar-refractivity contribution in [3.05, 3.63) is 5.82 Å². The minimum absolute atomic E-state index is 0. The number of halogens is 1. The summed E-state index contributed by atoms with van der Waals surface area (Å²) < 4.78 is 7.72. The maximum atomic E-state index is 5.31. The standard InChI is InChI=1S/C22H40N6OS.HI/c1-4-23-20(25-17-22(12-8-13-22)14-16-29-2)24-15-7-11-19-26-27-21(30-3)28(19)18-9-5-6-10-18;/h18H,4-17H2,1-3H3,(H2,23,24,25);1H. The lowest BCUT2D eigenvalue weighted by molar-refractivity contribution is 0.0778. The zero-order valence-corrected chi connectivity index (χ0v) is 22.6. The largest absolute Gasteiger partial charge is 0.385 e. The van der Waals surface area contributed by atoms with Crippen LogP contribution in [-0.4, -0.2) is 60.3 Å². The van der Waals surface area contributed by atoms with Crippen LogP contribution >= 0.6 is 35.7 Å². The van der Waals surface area contributed by atoms with Crippen LogP contribution in [-0.2, 0) is 11.2 Å². The van der Waals surface area contributed by atoms with E-state index in [-0.39, 0.29) is 24.0 Å². The van der Waals surface area contributed by atoms with Gasteiger partial charge in [-0.3, -0.25) is 4.99 Å². The molecule has 1 aromatic heterocycles. The molecule has 3 rings (SSSR count). The average Bonchev–Trinajstić information content (AvgIpc) is 3.39. The molecule has 0 amide bonds. The van der Waals surface area contributed by atoms with Crippen molar-refractivity contribution in [1.82, 2.24) is 25.4 Å². The van der Waals surface area contributed by atoms with Gasteiger partial charge >= 0.3 is 0 Å². The van der Waals surface area contributed by atoms with Gasteiger partial charge in [-0.1, -0.05) is 31.0 Å². The molecule has 2 aliphatic rings. The van der Waals surface area contributed by atoms with E-state index in [2.05, 4.69) is 38.6 Å². The molecule has 0 radical (unpaired) electrons. The van der Waals surface area contributed by atoms with Crippen LogP contribution in [0.1, 0.15) is 76.6 Å². The summed E-state index contributed by atoms with van der Waals surface area (Å²) in [6.07, 6.45) is 14.2. The average molecular weight is 565 g/mol. The van der Waals surface area contributed by atoms with Gasteiger partial charge in [0.15, 0.2) is 11.1 Å². The first-order valence-corrected chi connectivity index (χ1v) is 12.9. The number of aromatic nitrogens is 3. The highest BCUT2D eigenvalue weighted by Crippen LogP contribution is 2.44. The normalized spacial score (nSPS) is 18.5. The van der Waals surface area contributed by atoms with Crippen molar-refractivity contribution in [2.75, 3.05) is 39.6 Å². The molecule has 0 spiro atoms. The summed E-state index contributed by atoms with van der Waals surface area (Å²) in [6.45, 7) is 5.61. The van der Waals surface area contributed by atoms with E-state index in [1.165, 1.54) is 44.9 Å². The molecular weight excluding hydrogens is 523 g/mol. The van der Waals surface area contributed by atoms with E-state index in [0.29, 0.717) is 11.5 Å².